The molecule has 0 spiro atoms. The van der Waals surface area contributed by atoms with Crippen LogP contribution in [0.5, 0.6) is 0 Å². The third-order valence-corrected chi connectivity index (χ3v) is 3.56. The largest absolute Gasteiger partial charge is 0.478 e. The zero-order chi connectivity index (χ0) is 18.6. The van der Waals surface area contributed by atoms with E-state index in [1.54, 1.807) is 12.2 Å². The Hall–Kier alpha value is -2.16. The predicted octanol–water partition coefficient (Wildman–Crippen LogP) is 5.95. The van der Waals surface area contributed by atoms with Crippen molar-refractivity contribution >= 4 is 11.8 Å². The first kappa shape index (κ1) is 22.8. The first-order chi connectivity index (χ1) is 12.2. The molecule has 0 aromatic rings. The van der Waals surface area contributed by atoms with Gasteiger partial charge in [0.1, 0.15) is 5.78 Å². The summed E-state index contributed by atoms with van der Waals surface area (Å²) in [6.07, 6.45) is 26.9. The minimum absolute atomic E-state index is 0.307. The lowest BCUT2D eigenvalue weighted by molar-refractivity contribution is -0.131. The van der Waals surface area contributed by atoms with Gasteiger partial charge in [-0.2, -0.15) is 0 Å². The zero-order valence-electron chi connectivity index (χ0n) is 15.4. The lowest BCUT2D eigenvalue weighted by Gasteiger charge is -2.00. The summed E-state index contributed by atoms with van der Waals surface area (Å²) in [4.78, 5) is 21.9. The van der Waals surface area contributed by atoms with Crippen molar-refractivity contribution in [2.24, 2.45) is 0 Å². The molecule has 0 radical (unpaired) electrons. The first-order valence-electron chi connectivity index (χ1n) is 9.24. The molecular weight excluding hydrogens is 312 g/mol. The topological polar surface area (TPSA) is 54.4 Å². The van der Waals surface area contributed by atoms with Gasteiger partial charge in [0.25, 0.3) is 0 Å². The van der Waals surface area contributed by atoms with E-state index in [1.165, 1.54) is 44.6 Å². The van der Waals surface area contributed by atoms with Crippen molar-refractivity contribution in [3.05, 3.63) is 60.8 Å². The van der Waals surface area contributed by atoms with E-state index in [9.17, 15) is 9.59 Å². The van der Waals surface area contributed by atoms with Gasteiger partial charge in [0.05, 0.1) is 0 Å². The van der Waals surface area contributed by atoms with Gasteiger partial charge in [-0.15, -0.1) is 0 Å². The van der Waals surface area contributed by atoms with Crippen LogP contribution in [0, 0.1) is 0 Å². The predicted molar refractivity (Wildman–Crippen MR) is 106 cm³/mol. The van der Waals surface area contributed by atoms with Crippen LogP contribution < -0.4 is 0 Å². The normalized spacial score (nSPS) is 12.5. The molecule has 3 nitrogen and oxygen atoms in total. The van der Waals surface area contributed by atoms with E-state index in [0.29, 0.717) is 18.6 Å². The molecule has 0 aliphatic carbocycles. The van der Waals surface area contributed by atoms with Gasteiger partial charge >= 0.3 is 5.97 Å². The number of Topliss-reactive ketones (excluding diaryl/α,β-unsaturated/α-hetero) is 1. The summed E-state index contributed by atoms with van der Waals surface area (Å²) in [6.45, 7) is 2.22. The van der Waals surface area contributed by atoms with Gasteiger partial charge in [-0.1, -0.05) is 100 Å². The number of hydrogen-bond acceptors (Lipinski definition) is 2. The maximum atomic E-state index is 11.7. The number of carboxylic acids is 1. The van der Waals surface area contributed by atoms with E-state index in [2.05, 4.69) is 6.92 Å². The number of carbonyl (C=O) groups is 2. The number of allylic oxidation sites excluding steroid dienone is 9. The number of rotatable bonds is 15. The Kier molecular flexibility index (Phi) is 16.6. The third kappa shape index (κ3) is 19.8. The second-order valence-electron chi connectivity index (χ2n) is 5.89. The van der Waals surface area contributed by atoms with E-state index >= 15 is 0 Å². The monoisotopic (exact) mass is 344 g/mol. The molecule has 0 aromatic heterocycles. The van der Waals surface area contributed by atoms with E-state index in [1.807, 2.05) is 36.5 Å². The van der Waals surface area contributed by atoms with Crippen molar-refractivity contribution in [3.63, 3.8) is 0 Å². The molecule has 0 bridgehead atoms. The molecule has 0 aliphatic heterocycles. The van der Waals surface area contributed by atoms with Crippen molar-refractivity contribution in [1.82, 2.24) is 0 Å². The van der Waals surface area contributed by atoms with E-state index in [4.69, 9.17) is 5.11 Å². The average molecular weight is 344 g/mol. The zero-order valence-corrected chi connectivity index (χ0v) is 15.4. The standard InChI is InChI=1S/C22H32O3/c1-2-3-4-5-9-12-15-18-21(23)19-16-13-10-7-6-8-11-14-17-20-22(24)25/h6-8,10-11,13-14,16-17,20H,2-5,9,12,15,18-19H2,1H3,(H,24,25). The van der Waals surface area contributed by atoms with Crippen LogP contribution in [0.2, 0.25) is 0 Å². The lowest BCUT2D eigenvalue weighted by Crippen LogP contribution is -1.95. The molecule has 0 saturated carbocycles. The summed E-state index contributed by atoms with van der Waals surface area (Å²) in [5.74, 6) is -0.651. The first-order valence-corrected chi connectivity index (χ1v) is 9.24. The Labute approximate surface area is 152 Å². The Balaban J connectivity index is 3.65. The molecule has 0 fully saturated rings. The Morgan fingerprint density at radius 2 is 1.24 bits per heavy atom. The van der Waals surface area contributed by atoms with E-state index in [0.717, 1.165) is 12.5 Å². The molecule has 0 heterocycles. The molecule has 138 valence electrons. The van der Waals surface area contributed by atoms with Gasteiger partial charge < -0.3 is 5.11 Å². The highest BCUT2D eigenvalue weighted by molar-refractivity contribution is 5.80. The van der Waals surface area contributed by atoms with Crippen LogP contribution in [0.1, 0.15) is 64.7 Å². The van der Waals surface area contributed by atoms with Crippen LogP contribution in [-0.2, 0) is 9.59 Å². The van der Waals surface area contributed by atoms with Gasteiger partial charge in [-0.05, 0) is 6.42 Å². The smallest absolute Gasteiger partial charge is 0.328 e. The van der Waals surface area contributed by atoms with Crippen LogP contribution in [0.3, 0.4) is 0 Å². The van der Waals surface area contributed by atoms with Gasteiger partial charge in [0.2, 0.25) is 0 Å². The molecule has 0 amide bonds. The highest BCUT2D eigenvalue weighted by atomic mass is 16.4. The summed E-state index contributed by atoms with van der Waals surface area (Å²) in [5, 5.41) is 8.39. The van der Waals surface area contributed by atoms with Gasteiger partial charge in [0, 0.05) is 18.9 Å². The highest BCUT2D eigenvalue weighted by Crippen LogP contribution is 2.09. The van der Waals surface area contributed by atoms with Crippen LogP contribution >= 0.6 is 0 Å². The fourth-order valence-corrected chi connectivity index (χ4v) is 2.18. The summed E-state index contributed by atoms with van der Waals surface area (Å²) in [6, 6.07) is 0. The maximum Gasteiger partial charge on any atom is 0.328 e. The molecule has 1 N–H and O–H groups in total. The minimum Gasteiger partial charge on any atom is -0.478 e. The summed E-state index contributed by atoms with van der Waals surface area (Å²) < 4.78 is 0. The lowest BCUT2D eigenvalue weighted by atomic mass is 10.1. The van der Waals surface area contributed by atoms with Crippen LogP contribution in [0.4, 0.5) is 0 Å². The van der Waals surface area contributed by atoms with E-state index in [-0.39, 0.29) is 0 Å². The molecule has 0 aromatic carbocycles. The van der Waals surface area contributed by atoms with Gasteiger partial charge in [-0.25, -0.2) is 4.79 Å². The van der Waals surface area contributed by atoms with Crippen molar-refractivity contribution in [3.8, 4) is 0 Å². The number of ketones is 1. The quantitative estimate of drug-likeness (QED) is 0.227. The highest BCUT2D eigenvalue weighted by Gasteiger charge is 1.98. The van der Waals surface area contributed by atoms with Crippen molar-refractivity contribution in [2.75, 3.05) is 0 Å². The molecule has 3 heteroatoms. The Bertz CT molecular complexity index is 493. The molecule has 0 aliphatic rings. The Morgan fingerprint density at radius 3 is 1.84 bits per heavy atom. The number of carboxylic acid groups (broad SMARTS) is 1. The fraction of sp³-hybridized carbons (Fsp3) is 0.455. The number of carbonyl (C=O) groups excluding carboxylic acids is 1. The second-order valence-corrected chi connectivity index (χ2v) is 5.89. The van der Waals surface area contributed by atoms with Gasteiger partial charge in [0.15, 0.2) is 0 Å². The van der Waals surface area contributed by atoms with Crippen molar-refractivity contribution in [1.29, 1.82) is 0 Å². The Morgan fingerprint density at radius 1 is 0.720 bits per heavy atom. The van der Waals surface area contributed by atoms with Crippen LogP contribution in [-0.4, -0.2) is 16.9 Å². The SMILES string of the molecule is CCCCCCCCCC(=O)CC=CC=CC=CC=CC=CC(=O)O. The van der Waals surface area contributed by atoms with Crippen LogP contribution in [0.25, 0.3) is 0 Å². The number of hydrogen-bond donors (Lipinski definition) is 1. The van der Waals surface area contributed by atoms with Gasteiger partial charge in [-0.3, -0.25) is 4.79 Å². The number of unbranched alkanes of at least 4 members (excludes halogenated alkanes) is 6. The van der Waals surface area contributed by atoms with Crippen LogP contribution in [0.15, 0.2) is 60.8 Å². The van der Waals surface area contributed by atoms with E-state index < -0.39 is 5.97 Å². The average Bonchev–Trinajstić information content (AvgIpc) is 2.58. The molecule has 0 atom stereocenters. The third-order valence-electron chi connectivity index (χ3n) is 3.56. The molecular formula is C22H32O3. The number of aliphatic carboxylic acids is 1. The molecule has 25 heavy (non-hydrogen) atoms. The van der Waals surface area contributed by atoms with Crippen molar-refractivity contribution in [2.45, 2.75) is 64.7 Å². The maximum absolute atomic E-state index is 11.7. The molecule has 0 saturated heterocycles. The minimum atomic E-state index is -0.958. The fourth-order valence-electron chi connectivity index (χ4n) is 2.18. The van der Waals surface area contributed by atoms with Crippen molar-refractivity contribution < 1.29 is 14.7 Å². The summed E-state index contributed by atoms with van der Waals surface area (Å²) >= 11 is 0. The summed E-state index contributed by atoms with van der Waals surface area (Å²) in [7, 11) is 0. The second kappa shape index (κ2) is 18.2. The molecule has 0 unspecified atom stereocenters. The summed E-state index contributed by atoms with van der Waals surface area (Å²) in [5.41, 5.74) is 0. The molecule has 0 rings (SSSR count).